The number of benzene rings is 2. The van der Waals surface area contributed by atoms with E-state index in [2.05, 4.69) is 5.32 Å². The molecule has 0 radical (unpaired) electrons. The van der Waals surface area contributed by atoms with Crippen molar-refractivity contribution in [2.75, 3.05) is 17.9 Å². The molecule has 8 nitrogen and oxygen atoms in total. The van der Waals surface area contributed by atoms with E-state index in [1.807, 2.05) is 54.8 Å². The Hall–Kier alpha value is -4.02. The maximum atomic E-state index is 13.8. The van der Waals surface area contributed by atoms with Crippen LogP contribution in [0.2, 0.25) is 0 Å². The molecule has 5 aromatic rings. The van der Waals surface area contributed by atoms with Gasteiger partial charge in [0.05, 0.1) is 16.8 Å². The molecule has 0 bridgehead atoms. The van der Waals surface area contributed by atoms with E-state index in [-0.39, 0.29) is 24.0 Å². The zero-order chi connectivity index (χ0) is 24.6. The standard InChI is InChI=1S/C26H19N3O5S2/c1-15-7-9-19(34-15)18-12-35-24-23(18)25(31)29(17-5-3-2-4-6-17)26(28-24)36-13-22(30)27-16-8-10-20-21(11-16)33-14-32-20/h2-12H,13-14H2,1H3,(H,27,30). The molecule has 3 aromatic heterocycles. The lowest BCUT2D eigenvalue weighted by Gasteiger charge is -2.12. The van der Waals surface area contributed by atoms with E-state index < -0.39 is 0 Å². The molecule has 0 saturated heterocycles. The highest BCUT2D eigenvalue weighted by Crippen LogP contribution is 2.35. The average Bonchev–Trinajstić information content (AvgIpc) is 3.62. The first-order chi connectivity index (χ1) is 17.6. The lowest BCUT2D eigenvalue weighted by atomic mass is 10.2. The minimum absolute atomic E-state index is 0.0643. The smallest absolute Gasteiger partial charge is 0.268 e. The van der Waals surface area contributed by atoms with Gasteiger partial charge in [-0.3, -0.25) is 14.2 Å². The summed E-state index contributed by atoms with van der Waals surface area (Å²) in [6.45, 7) is 2.03. The first-order valence-electron chi connectivity index (χ1n) is 11.1. The number of para-hydroxylation sites is 1. The molecular formula is C26H19N3O5S2. The Morgan fingerprint density at radius 1 is 1.11 bits per heavy atom. The molecule has 6 rings (SSSR count). The molecule has 0 unspecified atom stereocenters. The fourth-order valence-corrected chi connectivity index (χ4v) is 5.72. The second-order valence-corrected chi connectivity index (χ2v) is 9.82. The molecule has 36 heavy (non-hydrogen) atoms. The fraction of sp³-hybridized carbons (Fsp3) is 0.115. The van der Waals surface area contributed by atoms with Gasteiger partial charge in [-0.2, -0.15) is 0 Å². The summed E-state index contributed by atoms with van der Waals surface area (Å²) >= 11 is 2.57. The number of carbonyl (C=O) groups is 1. The van der Waals surface area contributed by atoms with E-state index in [4.69, 9.17) is 18.9 Å². The van der Waals surface area contributed by atoms with Crippen molar-refractivity contribution in [3.8, 4) is 28.5 Å². The van der Waals surface area contributed by atoms with Crippen molar-refractivity contribution in [3.05, 3.63) is 82.2 Å². The Morgan fingerprint density at radius 3 is 2.75 bits per heavy atom. The maximum Gasteiger partial charge on any atom is 0.268 e. The van der Waals surface area contributed by atoms with E-state index >= 15 is 0 Å². The second kappa shape index (κ2) is 9.21. The molecule has 1 aliphatic rings. The molecule has 0 fully saturated rings. The van der Waals surface area contributed by atoms with Gasteiger partial charge in [-0.05, 0) is 43.3 Å². The van der Waals surface area contributed by atoms with Gasteiger partial charge in [-0.25, -0.2) is 4.98 Å². The monoisotopic (exact) mass is 517 g/mol. The number of anilines is 1. The van der Waals surface area contributed by atoms with Gasteiger partial charge < -0.3 is 19.2 Å². The van der Waals surface area contributed by atoms with Gasteiger partial charge in [0.2, 0.25) is 12.7 Å². The van der Waals surface area contributed by atoms with Crippen LogP contribution >= 0.6 is 23.1 Å². The predicted molar refractivity (Wildman–Crippen MR) is 140 cm³/mol. The zero-order valence-corrected chi connectivity index (χ0v) is 20.7. The van der Waals surface area contributed by atoms with Crippen LogP contribution < -0.4 is 20.3 Å². The van der Waals surface area contributed by atoms with Crippen LogP contribution in [0.5, 0.6) is 11.5 Å². The summed E-state index contributed by atoms with van der Waals surface area (Å²) in [6.07, 6.45) is 0. The van der Waals surface area contributed by atoms with Gasteiger partial charge in [0.25, 0.3) is 5.56 Å². The number of fused-ring (bicyclic) bond motifs is 2. The van der Waals surface area contributed by atoms with Crippen molar-refractivity contribution in [1.82, 2.24) is 9.55 Å². The Morgan fingerprint density at radius 2 is 1.94 bits per heavy atom. The summed E-state index contributed by atoms with van der Waals surface area (Å²) in [7, 11) is 0. The first-order valence-corrected chi connectivity index (χ1v) is 12.9. The fourth-order valence-electron chi connectivity index (χ4n) is 3.94. The summed E-state index contributed by atoms with van der Waals surface area (Å²) in [5.41, 5.74) is 1.77. The third-order valence-electron chi connectivity index (χ3n) is 5.59. The van der Waals surface area contributed by atoms with E-state index in [1.54, 1.807) is 22.8 Å². The normalized spacial score (nSPS) is 12.2. The topological polar surface area (TPSA) is 95.6 Å². The molecule has 0 spiro atoms. The number of aryl methyl sites for hydroxylation is 1. The molecule has 180 valence electrons. The molecule has 0 saturated carbocycles. The Labute approximate surface area is 213 Å². The molecule has 0 aliphatic carbocycles. The molecule has 1 aliphatic heterocycles. The minimum atomic E-state index is -0.231. The number of nitrogens with zero attached hydrogens (tertiary/aromatic N) is 2. The lowest BCUT2D eigenvalue weighted by molar-refractivity contribution is -0.113. The minimum Gasteiger partial charge on any atom is -0.461 e. The third kappa shape index (κ3) is 4.14. The summed E-state index contributed by atoms with van der Waals surface area (Å²) < 4.78 is 18.0. The number of thiophene rings is 1. The number of thioether (sulfide) groups is 1. The molecule has 1 N–H and O–H groups in total. The van der Waals surface area contributed by atoms with Crippen molar-refractivity contribution in [2.24, 2.45) is 0 Å². The summed E-state index contributed by atoms with van der Waals surface area (Å²) in [4.78, 5) is 31.9. The van der Waals surface area contributed by atoms with Crippen LogP contribution in [-0.4, -0.2) is 28.0 Å². The average molecular weight is 518 g/mol. The van der Waals surface area contributed by atoms with Gasteiger partial charge in [-0.15, -0.1) is 11.3 Å². The SMILES string of the molecule is Cc1ccc(-c2csc3nc(SCC(=O)Nc4ccc5c(c4)OCO5)n(-c4ccccc4)c(=O)c23)o1. The molecule has 2 aromatic carbocycles. The predicted octanol–water partition coefficient (Wildman–Crippen LogP) is 5.48. The Balaban J connectivity index is 1.33. The van der Waals surface area contributed by atoms with Crippen LogP contribution in [0, 0.1) is 6.92 Å². The second-order valence-electron chi connectivity index (χ2n) is 8.02. The van der Waals surface area contributed by atoms with E-state index in [9.17, 15) is 9.59 Å². The number of rotatable bonds is 6. The van der Waals surface area contributed by atoms with Crippen molar-refractivity contribution in [1.29, 1.82) is 0 Å². The number of hydrogen-bond acceptors (Lipinski definition) is 8. The van der Waals surface area contributed by atoms with E-state index in [0.717, 1.165) is 5.76 Å². The highest BCUT2D eigenvalue weighted by molar-refractivity contribution is 7.99. The van der Waals surface area contributed by atoms with Crippen molar-refractivity contribution < 1.29 is 18.7 Å². The molecule has 4 heterocycles. The van der Waals surface area contributed by atoms with Gasteiger partial charge in [0.15, 0.2) is 16.7 Å². The quantitative estimate of drug-likeness (QED) is 0.236. The molecular weight excluding hydrogens is 498 g/mol. The highest BCUT2D eigenvalue weighted by atomic mass is 32.2. The van der Waals surface area contributed by atoms with Crippen molar-refractivity contribution in [3.63, 3.8) is 0 Å². The van der Waals surface area contributed by atoms with E-state index in [0.29, 0.717) is 49.6 Å². The molecule has 10 heteroatoms. The van der Waals surface area contributed by atoms with E-state index in [1.165, 1.54) is 23.1 Å². The van der Waals surface area contributed by atoms with Gasteiger partial charge in [0, 0.05) is 22.7 Å². The van der Waals surface area contributed by atoms with Crippen LogP contribution in [0.25, 0.3) is 27.2 Å². The largest absolute Gasteiger partial charge is 0.461 e. The van der Waals surface area contributed by atoms with Gasteiger partial charge in [0.1, 0.15) is 16.4 Å². The zero-order valence-electron chi connectivity index (χ0n) is 19.0. The highest BCUT2D eigenvalue weighted by Gasteiger charge is 2.21. The van der Waals surface area contributed by atoms with Crippen LogP contribution in [0.15, 0.2) is 80.4 Å². The van der Waals surface area contributed by atoms with Gasteiger partial charge >= 0.3 is 0 Å². The summed E-state index contributed by atoms with van der Waals surface area (Å²) in [5, 5.41) is 5.67. The Bertz CT molecular complexity index is 1660. The number of furan rings is 1. The molecule has 0 atom stereocenters. The first kappa shape index (κ1) is 22.4. The summed E-state index contributed by atoms with van der Waals surface area (Å²) in [6, 6.07) is 18.2. The number of aromatic nitrogens is 2. The third-order valence-corrected chi connectivity index (χ3v) is 7.40. The lowest BCUT2D eigenvalue weighted by Crippen LogP contribution is -2.22. The number of carbonyl (C=O) groups excluding carboxylic acids is 1. The number of nitrogens with one attached hydrogen (secondary N) is 1. The van der Waals surface area contributed by atoms with Crippen LogP contribution in [0.1, 0.15) is 5.76 Å². The maximum absolute atomic E-state index is 13.8. The van der Waals surface area contributed by atoms with Crippen molar-refractivity contribution >= 4 is 44.9 Å². The van der Waals surface area contributed by atoms with Gasteiger partial charge in [-0.1, -0.05) is 30.0 Å². The van der Waals surface area contributed by atoms with Crippen LogP contribution in [0.4, 0.5) is 5.69 Å². The van der Waals surface area contributed by atoms with Crippen molar-refractivity contribution in [2.45, 2.75) is 12.1 Å². The number of amides is 1. The summed E-state index contributed by atoms with van der Waals surface area (Å²) in [5.74, 6) is 2.46. The molecule has 1 amide bonds. The number of hydrogen-bond donors (Lipinski definition) is 1. The number of ether oxygens (including phenoxy) is 2. The van der Waals surface area contributed by atoms with Crippen LogP contribution in [0.3, 0.4) is 0 Å². The Kier molecular flexibility index (Phi) is 5.74. The van der Waals surface area contributed by atoms with Crippen LogP contribution in [-0.2, 0) is 4.79 Å².